The van der Waals surface area contributed by atoms with E-state index in [0.717, 1.165) is 0 Å². The van der Waals surface area contributed by atoms with Crippen LogP contribution in [-0.2, 0) is 11.4 Å². The van der Waals surface area contributed by atoms with Crippen molar-refractivity contribution in [1.29, 1.82) is 0 Å². The number of hydrogen-bond donors (Lipinski definition) is 3. The minimum atomic E-state index is -0.224. The molecule has 0 spiro atoms. The van der Waals surface area contributed by atoms with Crippen LogP contribution in [0.1, 0.15) is 5.56 Å². The number of rotatable bonds is 6. The van der Waals surface area contributed by atoms with E-state index in [1.807, 2.05) is 0 Å². The van der Waals surface area contributed by atoms with Crippen molar-refractivity contribution in [2.75, 3.05) is 19.7 Å². The molecule has 0 fully saturated rings. The summed E-state index contributed by atoms with van der Waals surface area (Å²) >= 11 is 0. The van der Waals surface area contributed by atoms with E-state index in [9.17, 15) is 4.79 Å². The fraction of sp³-hybridized carbons (Fsp3) is 0.364. The van der Waals surface area contributed by atoms with Crippen molar-refractivity contribution in [3.63, 3.8) is 0 Å². The number of ether oxygens (including phenoxy) is 1. The highest BCUT2D eigenvalue weighted by Gasteiger charge is 2.04. The first-order valence-corrected chi connectivity index (χ1v) is 5.06. The molecule has 0 radical (unpaired) electrons. The molecule has 1 aromatic carbocycles. The maximum absolute atomic E-state index is 11.2. The van der Waals surface area contributed by atoms with Gasteiger partial charge in [0.15, 0.2) is 6.61 Å². The van der Waals surface area contributed by atoms with Gasteiger partial charge in [0.25, 0.3) is 5.91 Å². The van der Waals surface area contributed by atoms with Gasteiger partial charge in [-0.25, -0.2) is 0 Å². The molecule has 5 heteroatoms. The standard InChI is InChI=1S/C11H16N2O3/c12-5-6-13-11(15)8-16-10-4-2-1-3-9(10)7-14/h1-4,14H,5-8,12H2,(H,13,15). The summed E-state index contributed by atoms with van der Waals surface area (Å²) in [7, 11) is 0. The van der Waals surface area contributed by atoms with Gasteiger partial charge in [0.2, 0.25) is 0 Å². The van der Waals surface area contributed by atoms with Crippen LogP contribution < -0.4 is 15.8 Å². The summed E-state index contributed by atoms with van der Waals surface area (Å²) in [5, 5.41) is 11.6. The smallest absolute Gasteiger partial charge is 0.257 e. The molecule has 16 heavy (non-hydrogen) atoms. The molecule has 5 nitrogen and oxygen atoms in total. The lowest BCUT2D eigenvalue weighted by Gasteiger charge is -2.09. The monoisotopic (exact) mass is 224 g/mol. The van der Waals surface area contributed by atoms with Crippen LogP contribution in [0.5, 0.6) is 5.75 Å². The summed E-state index contributed by atoms with van der Waals surface area (Å²) in [6, 6.07) is 7.04. The average Bonchev–Trinajstić information content (AvgIpc) is 2.34. The van der Waals surface area contributed by atoms with E-state index < -0.39 is 0 Å². The van der Waals surface area contributed by atoms with Crippen LogP contribution in [0.25, 0.3) is 0 Å². The highest BCUT2D eigenvalue weighted by Crippen LogP contribution is 2.17. The van der Waals surface area contributed by atoms with Crippen LogP contribution in [0.2, 0.25) is 0 Å². The predicted octanol–water partition coefficient (Wildman–Crippen LogP) is -0.367. The van der Waals surface area contributed by atoms with E-state index in [-0.39, 0.29) is 19.1 Å². The normalized spacial score (nSPS) is 9.88. The van der Waals surface area contributed by atoms with Crippen LogP contribution in [0, 0.1) is 0 Å². The first kappa shape index (κ1) is 12.5. The summed E-state index contributed by atoms with van der Waals surface area (Å²) in [5.74, 6) is 0.297. The second-order valence-electron chi connectivity index (χ2n) is 3.19. The van der Waals surface area contributed by atoms with Gasteiger partial charge < -0.3 is 20.9 Å². The van der Waals surface area contributed by atoms with Crippen LogP contribution in [0.4, 0.5) is 0 Å². The molecule has 0 aliphatic carbocycles. The Balaban J connectivity index is 2.44. The molecule has 4 N–H and O–H groups in total. The second kappa shape index (κ2) is 6.81. The third kappa shape index (κ3) is 3.88. The Labute approximate surface area is 94.2 Å². The Morgan fingerprint density at radius 3 is 2.88 bits per heavy atom. The number of aliphatic hydroxyl groups excluding tert-OH is 1. The number of carbonyl (C=O) groups is 1. The summed E-state index contributed by atoms with van der Waals surface area (Å²) in [6.45, 7) is 0.653. The minimum absolute atomic E-state index is 0.0724. The minimum Gasteiger partial charge on any atom is -0.483 e. The fourth-order valence-corrected chi connectivity index (χ4v) is 1.18. The topological polar surface area (TPSA) is 84.6 Å². The molecule has 1 amide bonds. The van der Waals surface area contributed by atoms with E-state index in [0.29, 0.717) is 24.4 Å². The molecule has 0 aromatic heterocycles. The van der Waals surface area contributed by atoms with Gasteiger partial charge in [-0.1, -0.05) is 18.2 Å². The third-order valence-electron chi connectivity index (χ3n) is 1.97. The summed E-state index contributed by atoms with van der Waals surface area (Å²) in [5.41, 5.74) is 5.90. The first-order chi connectivity index (χ1) is 7.77. The number of amides is 1. The van der Waals surface area contributed by atoms with Crippen LogP contribution in [0.3, 0.4) is 0 Å². The molecular formula is C11H16N2O3. The molecule has 0 saturated heterocycles. The molecule has 0 aliphatic heterocycles. The van der Waals surface area contributed by atoms with Crippen LogP contribution in [0.15, 0.2) is 24.3 Å². The Hall–Kier alpha value is -1.59. The second-order valence-corrected chi connectivity index (χ2v) is 3.19. The van der Waals surface area contributed by atoms with Gasteiger partial charge in [-0.2, -0.15) is 0 Å². The zero-order valence-corrected chi connectivity index (χ0v) is 8.98. The SMILES string of the molecule is NCCNC(=O)COc1ccccc1CO. The molecular weight excluding hydrogens is 208 g/mol. The van der Waals surface area contributed by atoms with Crippen molar-refractivity contribution in [3.8, 4) is 5.75 Å². The molecule has 88 valence electrons. The van der Waals surface area contributed by atoms with Crippen LogP contribution in [-0.4, -0.2) is 30.7 Å². The average molecular weight is 224 g/mol. The third-order valence-corrected chi connectivity index (χ3v) is 1.97. The predicted molar refractivity (Wildman–Crippen MR) is 59.9 cm³/mol. The van der Waals surface area contributed by atoms with Gasteiger partial charge in [-0.05, 0) is 6.07 Å². The van der Waals surface area contributed by atoms with Gasteiger partial charge in [0.05, 0.1) is 6.61 Å². The lowest BCUT2D eigenvalue weighted by molar-refractivity contribution is -0.123. The lowest BCUT2D eigenvalue weighted by atomic mass is 10.2. The van der Waals surface area contributed by atoms with Crippen LogP contribution >= 0.6 is 0 Å². The zero-order valence-electron chi connectivity index (χ0n) is 8.98. The van der Waals surface area contributed by atoms with Crippen molar-refractivity contribution < 1.29 is 14.6 Å². The number of para-hydroxylation sites is 1. The van der Waals surface area contributed by atoms with E-state index in [4.69, 9.17) is 15.6 Å². The van der Waals surface area contributed by atoms with Crippen molar-refractivity contribution in [1.82, 2.24) is 5.32 Å². The quantitative estimate of drug-likeness (QED) is 0.615. The summed E-state index contributed by atoms with van der Waals surface area (Å²) < 4.78 is 5.27. The number of carbonyl (C=O) groups excluding carboxylic acids is 1. The maximum atomic E-state index is 11.2. The van der Waals surface area contributed by atoms with E-state index in [1.54, 1.807) is 24.3 Å². The molecule has 1 rings (SSSR count). The van der Waals surface area contributed by atoms with E-state index >= 15 is 0 Å². The molecule has 0 aliphatic rings. The van der Waals surface area contributed by atoms with Gasteiger partial charge in [0.1, 0.15) is 5.75 Å². The zero-order chi connectivity index (χ0) is 11.8. The Morgan fingerprint density at radius 2 is 2.19 bits per heavy atom. The summed E-state index contributed by atoms with van der Waals surface area (Å²) in [4.78, 5) is 11.2. The molecule has 1 aromatic rings. The molecule has 0 saturated carbocycles. The maximum Gasteiger partial charge on any atom is 0.257 e. The Morgan fingerprint density at radius 1 is 1.44 bits per heavy atom. The Bertz CT molecular complexity index is 342. The van der Waals surface area contributed by atoms with Crippen molar-refractivity contribution in [2.24, 2.45) is 5.73 Å². The van der Waals surface area contributed by atoms with E-state index in [2.05, 4.69) is 5.32 Å². The van der Waals surface area contributed by atoms with E-state index in [1.165, 1.54) is 0 Å². The fourth-order valence-electron chi connectivity index (χ4n) is 1.18. The highest BCUT2D eigenvalue weighted by atomic mass is 16.5. The van der Waals surface area contributed by atoms with Crippen molar-refractivity contribution in [2.45, 2.75) is 6.61 Å². The number of nitrogens with two attached hydrogens (primary N) is 1. The van der Waals surface area contributed by atoms with Gasteiger partial charge in [-0.15, -0.1) is 0 Å². The highest BCUT2D eigenvalue weighted by molar-refractivity contribution is 5.77. The molecule has 0 bridgehead atoms. The number of benzene rings is 1. The van der Waals surface area contributed by atoms with Gasteiger partial charge in [-0.3, -0.25) is 4.79 Å². The molecule has 0 atom stereocenters. The van der Waals surface area contributed by atoms with Gasteiger partial charge >= 0.3 is 0 Å². The number of hydrogen-bond acceptors (Lipinski definition) is 4. The lowest BCUT2D eigenvalue weighted by Crippen LogP contribution is -2.33. The molecule has 0 heterocycles. The van der Waals surface area contributed by atoms with Gasteiger partial charge in [0, 0.05) is 18.7 Å². The summed E-state index contributed by atoms with van der Waals surface area (Å²) in [6.07, 6.45) is 0. The Kier molecular flexibility index (Phi) is 5.31. The number of aliphatic hydroxyl groups is 1. The number of nitrogens with one attached hydrogen (secondary N) is 1. The van der Waals surface area contributed by atoms with Crippen molar-refractivity contribution in [3.05, 3.63) is 29.8 Å². The van der Waals surface area contributed by atoms with Crippen molar-refractivity contribution >= 4 is 5.91 Å². The molecule has 0 unspecified atom stereocenters. The largest absolute Gasteiger partial charge is 0.483 e. The first-order valence-electron chi connectivity index (χ1n) is 5.06.